The summed E-state index contributed by atoms with van der Waals surface area (Å²) >= 11 is 0. The molecule has 22 heavy (non-hydrogen) atoms. The van der Waals surface area contributed by atoms with Gasteiger partial charge in [0.1, 0.15) is 5.75 Å². The van der Waals surface area contributed by atoms with Gasteiger partial charge in [-0.05, 0) is 54.4 Å². The van der Waals surface area contributed by atoms with E-state index in [0.29, 0.717) is 13.1 Å². The fourth-order valence-electron chi connectivity index (χ4n) is 1.87. The average molecular weight is 287 g/mol. The molecule has 2 heteroatoms. The third kappa shape index (κ3) is 5.21. The molecule has 0 amide bonds. The van der Waals surface area contributed by atoms with Crippen molar-refractivity contribution in [2.45, 2.75) is 19.3 Å². The van der Waals surface area contributed by atoms with Gasteiger partial charge in [0, 0.05) is 18.5 Å². The van der Waals surface area contributed by atoms with E-state index in [4.69, 9.17) is 4.74 Å². The molecule has 0 unspecified atom stereocenters. The molecule has 2 nitrogen and oxygen atoms in total. The van der Waals surface area contributed by atoms with Crippen LogP contribution in [0.5, 0.6) is 5.75 Å². The predicted octanol–water partition coefficient (Wildman–Crippen LogP) is 2.70. The molecule has 0 fully saturated rings. The zero-order valence-electron chi connectivity index (χ0n) is 12.7. The van der Waals surface area contributed by atoms with Crippen LogP contribution in [0.15, 0.2) is 24.3 Å². The van der Waals surface area contributed by atoms with Gasteiger partial charge in [-0.1, -0.05) is 23.7 Å². The van der Waals surface area contributed by atoms with E-state index in [0.717, 1.165) is 30.7 Å². The molecule has 0 N–H and O–H groups in total. The van der Waals surface area contributed by atoms with Crippen LogP contribution in [0.3, 0.4) is 0 Å². The predicted molar refractivity (Wildman–Crippen MR) is 90.2 cm³/mol. The molecular weight excluding hydrogens is 270 g/mol. The van der Waals surface area contributed by atoms with Crippen LogP contribution < -0.4 is 9.64 Å². The number of methoxy groups -OCH3 is 1. The van der Waals surface area contributed by atoms with Crippen LogP contribution in [-0.4, -0.2) is 20.2 Å². The second-order valence-electron chi connectivity index (χ2n) is 4.61. The number of anilines is 1. The van der Waals surface area contributed by atoms with E-state index in [1.54, 1.807) is 7.11 Å². The van der Waals surface area contributed by atoms with Crippen molar-refractivity contribution in [2.75, 3.05) is 25.1 Å². The summed E-state index contributed by atoms with van der Waals surface area (Å²) in [4.78, 5) is 2.09. The SMILES string of the molecule is COc1ccc(N2CC#CC#CCCCC#CC#CC2)cc1. The van der Waals surface area contributed by atoms with Gasteiger partial charge in [-0.3, -0.25) is 0 Å². The van der Waals surface area contributed by atoms with Crippen LogP contribution in [0.2, 0.25) is 0 Å². The first-order valence-corrected chi connectivity index (χ1v) is 7.20. The van der Waals surface area contributed by atoms with Crippen molar-refractivity contribution in [3.05, 3.63) is 24.3 Å². The fourth-order valence-corrected chi connectivity index (χ4v) is 1.87. The molecule has 0 radical (unpaired) electrons. The Kier molecular flexibility index (Phi) is 6.38. The van der Waals surface area contributed by atoms with Crippen molar-refractivity contribution in [2.24, 2.45) is 0 Å². The molecule has 1 aliphatic heterocycles. The van der Waals surface area contributed by atoms with Crippen LogP contribution >= 0.6 is 0 Å². The highest BCUT2D eigenvalue weighted by Gasteiger charge is 2.03. The summed E-state index contributed by atoms with van der Waals surface area (Å²) in [7, 11) is 1.66. The summed E-state index contributed by atoms with van der Waals surface area (Å²) in [6.45, 7) is 1.17. The Labute approximate surface area is 132 Å². The van der Waals surface area contributed by atoms with Gasteiger partial charge in [0.2, 0.25) is 0 Å². The third-order valence-corrected chi connectivity index (χ3v) is 3.06. The minimum atomic E-state index is 0.586. The van der Waals surface area contributed by atoms with Crippen LogP contribution in [0.4, 0.5) is 5.69 Å². The number of nitrogens with zero attached hydrogens (tertiary/aromatic N) is 1. The minimum absolute atomic E-state index is 0.586. The van der Waals surface area contributed by atoms with Crippen LogP contribution in [0.1, 0.15) is 19.3 Å². The standard InChI is InChI=1S/C20H17NO/c1-22-20-15-13-19(14-16-20)21-17-11-9-7-5-3-2-4-6-8-10-12-18-21/h13-16H,2-4,17-18H2,1H3. The molecule has 1 heterocycles. The normalized spacial score (nSPS) is 13.6. The van der Waals surface area contributed by atoms with E-state index in [1.807, 2.05) is 24.3 Å². The first-order valence-electron chi connectivity index (χ1n) is 7.20. The molecule has 108 valence electrons. The Hall–Kier alpha value is -2.94. The van der Waals surface area contributed by atoms with E-state index in [2.05, 4.69) is 52.3 Å². The Morgan fingerprint density at radius 1 is 0.818 bits per heavy atom. The van der Waals surface area contributed by atoms with Crippen molar-refractivity contribution in [1.82, 2.24) is 0 Å². The lowest BCUT2D eigenvalue weighted by molar-refractivity contribution is 0.415. The number of benzene rings is 1. The highest BCUT2D eigenvalue weighted by molar-refractivity contribution is 5.51. The zero-order valence-corrected chi connectivity index (χ0v) is 12.7. The molecule has 0 saturated heterocycles. The fraction of sp³-hybridized carbons (Fsp3) is 0.300. The molecular formula is C20H17NO. The number of ether oxygens (including phenoxy) is 1. The Balaban J connectivity index is 2.17. The van der Waals surface area contributed by atoms with Gasteiger partial charge in [0.15, 0.2) is 0 Å². The number of hydrogen-bond donors (Lipinski definition) is 0. The van der Waals surface area contributed by atoms with Crippen molar-refractivity contribution in [3.8, 4) is 53.1 Å². The van der Waals surface area contributed by atoms with Gasteiger partial charge >= 0.3 is 0 Å². The summed E-state index contributed by atoms with van der Waals surface area (Å²) in [6, 6.07) is 7.87. The average Bonchev–Trinajstić information content (AvgIpc) is 2.57. The van der Waals surface area contributed by atoms with Gasteiger partial charge < -0.3 is 9.64 Å². The quantitative estimate of drug-likeness (QED) is 0.776. The minimum Gasteiger partial charge on any atom is -0.497 e. The Bertz CT molecular complexity index is 688. The second kappa shape index (κ2) is 9.08. The second-order valence-corrected chi connectivity index (χ2v) is 4.61. The first-order chi connectivity index (χ1) is 10.9. The Morgan fingerprint density at radius 3 is 1.91 bits per heavy atom. The highest BCUT2D eigenvalue weighted by Crippen LogP contribution is 2.18. The van der Waals surface area contributed by atoms with Crippen molar-refractivity contribution in [1.29, 1.82) is 0 Å². The lowest BCUT2D eigenvalue weighted by Crippen LogP contribution is -2.23. The molecule has 0 saturated carbocycles. The number of hydrogen-bond acceptors (Lipinski definition) is 2. The van der Waals surface area contributed by atoms with E-state index in [-0.39, 0.29) is 0 Å². The molecule has 0 aliphatic carbocycles. The summed E-state index contributed by atoms with van der Waals surface area (Å²) in [5.74, 6) is 24.7. The van der Waals surface area contributed by atoms with E-state index < -0.39 is 0 Å². The summed E-state index contributed by atoms with van der Waals surface area (Å²) in [5.41, 5.74) is 1.05. The van der Waals surface area contributed by atoms with Gasteiger partial charge in [-0.2, -0.15) is 0 Å². The molecule has 0 bridgehead atoms. The molecule has 2 rings (SSSR count). The molecule has 1 aromatic carbocycles. The van der Waals surface area contributed by atoms with Crippen molar-refractivity contribution < 1.29 is 4.74 Å². The summed E-state index contributed by atoms with van der Waals surface area (Å²) < 4.78 is 5.18. The first kappa shape index (κ1) is 15.4. The van der Waals surface area contributed by atoms with Gasteiger partial charge in [0.25, 0.3) is 0 Å². The zero-order chi connectivity index (χ0) is 15.5. The highest BCUT2D eigenvalue weighted by atomic mass is 16.5. The van der Waals surface area contributed by atoms with Crippen molar-refractivity contribution >= 4 is 5.69 Å². The molecule has 0 spiro atoms. The Morgan fingerprint density at radius 2 is 1.36 bits per heavy atom. The third-order valence-electron chi connectivity index (χ3n) is 3.06. The number of rotatable bonds is 2. The maximum Gasteiger partial charge on any atom is 0.119 e. The van der Waals surface area contributed by atoms with Crippen LogP contribution in [-0.2, 0) is 0 Å². The van der Waals surface area contributed by atoms with Gasteiger partial charge in [-0.15, -0.1) is 0 Å². The lowest BCUT2D eigenvalue weighted by Gasteiger charge is -2.19. The maximum absolute atomic E-state index is 5.18. The molecule has 0 aromatic heterocycles. The van der Waals surface area contributed by atoms with Crippen LogP contribution in [0.25, 0.3) is 0 Å². The molecule has 1 aromatic rings. The molecule has 1 aliphatic rings. The van der Waals surface area contributed by atoms with E-state index in [1.165, 1.54) is 0 Å². The maximum atomic E-state index is 5.18. The van der Waals surface area contributed by atoms with E-state index >= 15 is 0 Å². The van der Waals surface area contributed by atoms with Gasteiger partial charge in [0.05, 0.1) is 20.2 Å². The summed E-state index contributed by atoms with van der Waals surface area (Å²) in [5, 5.41) is 0. The summed E-state index contributed by atoms with van der Waals surface area (Å²) in [6.07, 6.45) is 2.64. The topological polar surface area (TPSA) is 12.5 Å². The largest absolute Gasteiger partial charge is 0.497 e. The smallest absolute Gasteiger partial charge is 0.119 e. The van der Waals surface area contributed by atoms with Crippen LogP contribution in [0, 0.1) is 47.4 Å². The van der Waals surface area contributed by atoms with Crippen molar-refractivity contribution in [3.63, 3.8) is 0 Å². The van der Waals surface area contributed by atoms with E-state index in [9.17, 15) is 0 Å². The van der Waals surface area contributed by atoms with Gasteiger partial charge in [-0.25, -0.2) is 0 Å². The lowest BCUT2D eigenvalue weighted by atomic mass is 10.2. The molecule has 0 atom stereocenters. The monoisotopic (exact) mass is 287 g/mol.